The first-order valence-corrected chi connectivity index (χ1v) is 6.35. The van der Waals surface area contributed by atoms with Gasteiger partial charge >= 0.3 is 6.18 Å². The summed E-state index contributed by atoms with van der Waals surface area (Å²) in [6.45, 7) is -0.00181. The molecule has 22 heavy (non-hydrogen) atoms. The molecule has 6 nitrogen and oxygen atoms in total. The van der Waals surface area contributed by atoms with Crippen LogP contribution >= 0.6 is 0 Å². The molecule has 118 valence electrons. The molecule has 0 bridgehead atoms. The van der Waals surface area contributed by atoms with E-state index < -0.39 is 17.6 Å². The van der Waals surface area contributed by atoms with E-state index in [1.165, 1.54) is 23.0 Å². The van der Waals surface area contributed by atoms with Crippen LogP contribution in [0.3, 0.4) is 0 Å². The number of halogens is 3. The van der Waals surface area contributed by atoms with Gasteiger partial charge in [-0.05, 0) is 17.7 Å². The number of aliphatic hydroxyl groups excluding tert-OH is 1. The molecule has 1 aromatic carbocycles. The maximum Gasteiger partial charge on any atom is 0.416 e. The Morgan fingerprint density at radius 2 is 2.14 bits per heavy atom. The molecule has 0 aliphatic carbocycles. The quantitative estimate of drug-likeness (QED) is 0.869. The van der Waals surface area contributed by atoms with Gasteiger partial charge in [0.1, 0.15) is 0 Å². The first kappa shape index (κ1) is 16.0. The van der Waals surface area contributed by atoms with E-state index in [0.717, 1.165) is 12.1 Å². The van der Waals surface area contributed by atoms with Crippen molar-refractivity contribution in [2.75, 3.05) is 6.61 Å². The molecule has 2 N–H and O–H groups in total. The molecule has 0 fully saturated rings. The molecular weight excluding hydrogens is 301 g/mol. The van der Waals surface area contributed by atoms with Crippen LogP contribution < -0.4 is 5.32 Å². The van der Waals surface area contributed by atoms with Gasteiger partial charge in [-0.2, -0.15) is 13.2 Å². The molecule has 1 heterocycles. The molecule has 9 heteroatoms. The summed E-state index contributed by atoms with van der Waals surface area (Å²) < 4.78 is 39.0. The smallest absolute Gasteiger partial charge is 0.394 e. The minimum atomic E-state index is -4.42. The van der Waals surface area contributed by atoms with Crippen molar-refractivity contribution in [3.8, 4) is 0 Å². The normalized spacial score (nSPS) is 11.5. The van der Waals surface area contributed by atoms with Gasteiger partial charge in [0.15, 0.2) is 5.69 Å². The second-order valence-electron chi connectivity index (χ2n) is 4.47. The molecule has 0 atom stereocenters. The predicted octanol–water partition coefficient (Wildman–Crippen LogP) is 1.22. The first-order valence-electron chi connectivity index (χ1n) is 6.35. The largest absolute Gasteiger partial charge is 0.416 e. The van der Waals surface area contributed by atoms with E-state index in [9.17, 15) is 18.0 Å². The Hall–Kier alpha value is -2.42. The molecule has 0 aliphatic rings. The Bertz CT molecular complexity index is 655. The third-order valence-electron chi connectivity index (χ3n) is 2.81. The van der Waals surface area contributed by atoms with Gasteiger partial charge in [-0.1, -0.05) is 17.3 Å². The number of nitrogens with one attached hydrogen (secondary N) is 1. The van der Waals surface area contributed by atoms with Crippen molar-refractivity contribution in [3.63, 3.8) is 0 Å². The van der Waals surface area contributed by atoms with Crippen molar-refractivity contribution in [1.29, 1.82) is 0 Å². The Kier molecular flexibility index (Phi) is 4.76. The summed E-state index contributed by atoms with van der Waals surface area (Å²) in [6, 6.07) is 4.70. The number of aromatic nitrogens is 3. The molecule has 0 saturated carbocycles. The number of hydrogen-bond acceptors (Lipinski definition) is 4. The van der Waals surface area contributed by atoms with E-state index in [-0.39, 0.29) is 25.4 Å². The lowest BCUT2D eigenvalue weighted by Crippen LogP contribution is -2.23. The fraction of sp³-hybridized carbons (Fsp3) is 0.308. The third kappa shape index (κ3) is 4.04. The molecule has 2 rings (SSSR count). The maximum absolute atomic E-state index is 12.6. The number of carbonyl (C=O) groups excluding carboxylic acids is 1. The zero-order chi connectivity index (χ0) is 16.2. The topological polar surface area (TPSA) is 80.0 Å². The molecular formula is C13H13F3N4O2. The van der Waals surface area contributed by atoms with Crippen LogP contribution in [0.4, 0.5) is 13.2 Å². The van der Waals surface area contributed by atoms with Gasteiger partial charge in [0.05, 0.1) is 24.9 Å². The van der Waals surface area contributed by atoms with Gasteiger partial charge in [-0.3, -0.25) is 4.79 Å². The van der Waals surface area contributed by atoms with E-state index in [2.05, 4.69) is 15.6 Å². The average Bonchev–Trinajstić information content (AvgIpc) is 2.93. The van der Waals surface area contributed by atoms with Crippen LogP contribution in [-0.4, -0.2) is 32.6 Å². The van der Waals surface area contributed by atoms with Crippen LogP contribution in [-0.2, 0) is 19.3 Å². The summed E-state index contributed by atoms with van der Waals surface area (Å²) in [6.07, 6.45) is -3.08. The van der Waals surface area contributed by atoms with Crippen LogP contribution in [0.25, 0.3) is 0 Å². The van der Waals surface area contributed by atoms with Crippen molar-refractivity contribution < 1.29 is 23.1 Å². The Labute approximate surface area is 123 Å². The lowest BCUT2D eigenvalue weighted by Gasteiger charge is -2.09. The number of nitrogens with zero attached hydrogens (tertiary/aromatic N) is 3. The van der Waals surface area contributed by atoms with Gasteiger partial charge in [0, 0.05) is 6.54 Å². The van der Waals surface area contributed by atoms with Crippen molar-refractivity contribution in [2.45, 2.75) is 19.3 Å². The van der Waals surface area contributed by atoms with Gasteiger partial charge in [-0.25, -0.2) is 4.68 Å². The van der Waals surface area contributed by atoms with E-state index in [1.54, 1.807) is 0 Å². The second-order valence-corrected chi connectivity index (χ2v) is 4.47. The summed E-state index contributed by atoms with van der Waals surface area (Å²) in [5, 5.41) is 18.4. The van der Waals surface area contributed by atoms with Gasteiger partial charge in [-0.15, -0.1) is 5.10 Å². The molecule has 0 radical (unpaired) electrons. The van der Waals surface area contributed by atoms with Crippen molar-refractivity contribution in [2.24, 2.45) is 0 Å². The Morgan fingerprint density at radius 1 is 1.36 bits per heavy atom. The van der Waals surface area contributed by atoms with E-state index >= 15 is 0 Å². The number of hydrogen-bond donors (Lipinski definition) is 2. The van der Waals surface area contributed by atoms with Crippen LogP contribution in [0, 0.1) is 0 Å². The highest BCUT2D eigenvalue weighted by Crippen LogP contribution is 2.29. The van der Waals surface area contributed by atoms with Gasteiger partial charge < -0.3 is 10.4 Å². The van der Waals surface area contributed by atoms with E-state index in [4.69, 9.17) is 5.11 Å². The summed E-state index contributed by atoms with van der Waals surface area (Å²) >= 11 is 0. The fourth-order valence-electron chi connectivity index (χ4n) is 1.74. The number of carbonyl (C=O) groups is 1. The van der Waals surface area contributed by atoms with Crippen molar-refractivity contribution in [1.82, 2.24) is 20.3 Å². The fourth-order valence-corrected chi connectivity index (χ4v) is 1.74. The van der Waals surface area contributed by atoms with Crippen LogP contribution in [0.2, 0.25) is 0 Å². The SMILES string of the molecule is O=C(NCc1cccc(C(F)(F)F)c1)c1cn(CCO)nn1. The number of benzene rings is 1. The van der Waals surface area contributed by atoms with Crippen LogP contribution in [0.15, 0.2) is 30.5 Å². The number of rotatable bonds is 5. The Balaban J connectivity index is 1.98. The molecule has 1 amide bonds. The highest BCUT2D eigenvalue weighted by molar-refractivity contribution is 5.91. The second kappa shape index (κ2) is 6.56. The Morgan fingerprint density at radius 3 is 2.82 bits per heavy atom. The maximum atomic E-state index is 12.6. The molecule has 0 spiro atoms. The molecule has 0 saturated heterocycles. The molecule has 0 aliphatic heterocycles. The summed E-state index contributed by atoms with van der Waals surface area (Å²) in [4.78, 5) is 11.8. The van der Waals surface area contributed by atoms with E-state index in [1.807, 2.05) is 0 Å². The zero-order valence-electron chi connectivity index (χ0n) is 11.3. The first-order chi connectivity index (χ1) is 10.4. The van der Waals surface area contributed by atoms with Crippen LogP contribution in [0.5, 0.6) is 0 Å². The average molecular weight is 314 g/mol. The standard InChI is InChI=1S/C13H13F3N4O2/c14-13(15,16)10-3-1-2-9(6-10)7-17-12(22)11-8-20(4-5-21)19-18-11/h1-3,6,8,21H,4-5,7H2,(H,17,22). The summed E-state index contributed by atoms with van der Waals surface area (Å²) in [5.41, 5.74) is -0.417. The van der Waals surface area contributed by atoms with Crippen LogP contribution in [0.1, 0.15) is 21.6 Å². The number of aliphatic hydroxyl groups is 1. The van der Waals surface area contributed by atoms with Crippen molar-refractivity contribution >= 4 is 5.91 Å². The number of amides is 1. The molecule has 0 unspecified atom stereocenters. The lowest BCUT2D eigenvalue weighted by molar-refractivity contribution is -0.137. The van der Waals surface area contributed by atoms with Crippen molar-refractivity contribution in [3.05, 3.63) is 47.3 Å². The minimum Gasteiger partial charge on any atom is -0.394 e. The predicted molar refractivity (Wildman–Crippen MR) is 69.7 cm³/mol. The third-order valence-corrected chi connectivity index (χ3v) is 2.81. The highest BCUT2D eigenvalue weighted by atomic mass is 19.4. The van der Waals surface area contributed by atoms with E-state index in [0.29, 0.717) is 5.56 Å². The summed E-state index contributed by atoms with van der Waals surface area (Å²) in [7, 11) is 0. The monoisotopic (exact) mass is 314 g/mol. The lowest BCUT2D eigenvalue weighted by atomic mass is 10.1. The number of alkyl halides is 3. The highest BCUT2D eigenvalue weighted by Gasteiger charge is 2.30. The molecule has 2 aromatic rings. The zero-order valence-corrected chi connectivity index (χ0v) is 11.3. The van der Waals surface area contributed by atoms with Gasteiger partial charge in [0.25, 0.3) is 5.91 Å². The summed E-state index contributed by atoms with van der Waals surface area (Å²) in [5.74, 6) is -0.554. The molecule has 1 aromatic heterocycles. The van der Waals surface area contributed by atoms with Gasteiger partial charge in [0.2, 0.25) is 0 Å². The minimum absolute atomic E-state index is 0.0282.